The van der Waals surface area contributed by atoms with Gasteiger partial charge in [0.15, 0.2) is 5.78 Å². The van der Waals surface area contributed by atoms with E-state index < -0.39 is 6.17 Å². The van der Waals surface area contributed by atoms with Crippen molar-refractivity contribution in [1.29, 1.82) is 0 Å². The van der Waals surface area contributed by atoms with E-state index in [4.69, 9.17) is 11.5 Å². The number of nitrogens with two attached hydrogens (primary N) is 2. The van der Waals surface area contributed by atoms with Crippen molar-refractivity contribution in [3.05, 3.63) is 35.9 Å². The molecule has 1 rings (SSSR count). The van der Waals surface area contributed by atoms with Gasteiger partial charge in [0, 0.05) is 5.56 Å². The Balaban J connectivity index is 2.86. The fourth-order valence-corrected chi connectivity index (χ4v) is 0.795. The van der Waals surface area contributed by atoms with Gasteiger partial charge in [0.2, 0.25) is 0 Å². The largest absolute Gasteiger partial charge is 0.310 e. The average molecular weight is 150 g/mol. The minimum atomic E-state index is -0.905. The number of hydrogen-bond acceptors (Lipinski definition) is 3. The molecule has 0 fully saturated rings. The lowest BCUT2D eigenvalue weighted by molar-refractivity contribution is 0.0963. The lowest BCUT2D eigenvalue weighted by Gasteiger charge is -2.02. The molecule has 0 saturated carbocycles. The number of ketones is 1. The number of carbonyl (C=O) groups excluding carboxylic acids is 1. The molecule has 0 unspecified atom stereocenters. The fourth-order valence-electron chi connectivity index (χ4n) is 0.795. The van der Waals surface area contributed by atoms with Gasteiger partial charge in [0.25, 0.3) is 0 Å². The topological polar surface area (TPSA) is 69.1 Å². The molecular formula is C8H10N2O. The Labute approximate surface area is 65.0 Å². The lowest BCUT2D eigenvalue weighted by Crippen LogP contribution is -2.39. The number of rotatable bonds is 2. The van der Waals surface area contributed by atoms with Crippen LogP contribution in [0.4, 0.5) is 0 Å². The highest BCUT2D eigenvalue weighted by Gasteiger charge is 2.08. The van der Waals surface area contributed by atoms with Gasteiger partial charge in [-0.25, -0.2) is 0 Å². The maximum atomic E-state index is 11.1. The normalized spacial score (nSPS) is 10.1. The Kier molecular flexibility index (Phi) is 2.36. The molecule has 0 saturated heterocycles. The minimum Gasteiger partial charge on any atom is -0.310 e. The van der Waals surface area contributed by atoms with Crippen molar-refractivity contribution >= 4 is 5.78 Å². The molecule has 0 radical (unpaired) electrons. The Hall–Kier alpha value is -1.19. The molecule has 0 aliphatic carbocycles. The molecule has 1 aromatic rings. The highest BCUT2D eigenvalue weighted by atomic mass is 16.1. The number of carbonyl (C=O) groups is 1. The monoisotopic (exact) mass is 150 g/mol. The van der Waals surface area contributed by atoms with Gasteiger partial charge in [0.1, 0.15) is 6.17 Å². The lowest BCUT2D eigenvalue weighted by atomic mass is 10.1. The molecule has 0 atom stereocenters. The molecule has 0 heterocycles. The zero-order valence-electron chi connectivity index (χ0n) is 6.03. The van der Waals surface area contributed by atoms with Gasteiger partial charge in [-0.2, -0.15) is 0 Å². The molecule has 0 bridgehead atoms. The third kappa shape index (κ3) is 1.86. The van der Waals surface area contributed by atoms with Gasteiger partial charge >= 0.3 is 0 Å². The van der Waals surface area contributed by atoms with Crippen molar-refractivity contribution in [2.75, 3.05) is 0 Å². The average Bonchev–Trinajstić information content (AvgIpc) is 2.05. The summed E-state index contributed by atoms with van der Waals surface area (Å²) in [4.78, 5) is 11.1. The summed E-state index contributed by atoms with van der Waals surface area (Å²) in [5.41, 5.74) is 11.0. The Bertz CT molecular complexity index is 244. The second-order valence-corrected chi connectivity index (χ2v) is 2.26. The van der Waals surface area contributed by atoms with E-state index in [1.54, 1.807) is 24.3 Å². The zero-order chi connectivity index (χ0) is 8.27. The summed E-state index contributed by atoms with van der Waals surface area (Å²) < 4.78 is 0. The Morgan fingerprint density at radius 2 is 1.73 bits per heavy atom. The van der Waals surface area contributed by atoms with Gasteiger partial charge in [-0.1, -0.05) is 30.3 Å². The third-order valence-corrected chi connectivity index (χ3v) is 1.36. The SMILES string of the molecule is NC(N)C(=O)c1ccccc1. The second-order valence-electron chi connectivity index (χ2n) is 2.26. The van der Waals surface area contributed by atoms with Crippen molar-refractivity contribution in [3.63, 3.8) is 0 Å². The molecule has 11 heavy (non-hydrogen) atoms. The van der Waals surface area contributed by atoms with E-state index in [0.717, 1.165) is 0 Å². The second kappa shape index (κ2) is 3.27. The van der Waals surface area contributed by atoms with Gasteiger partial charge in [0.05, 0.1) is 0 Å². The van der Waals surface area contributed by atoms with E-state index in [9.17, 15) is 4.79 Å². The van der Waals surface area contributed by atoms with Crippen molar-refractivity contribution in [1.82, 2.24) is 0 Å². The molecule has 3 heteroatoms. The van der Waals surface area contributed by atoms with Crippen molar-refractivity contribution in [3.8, 4) is 0 Å². The molecule has 0 amide bonds. The highest BCUT2D eigenvalue weighted by molar-refractivity contribution is 5.99. The molecule has 3 nitrogen and oxygen atoms in total. The maximum Gasteiger partial charge on any atom is 0.193 e. The van der Waals surface area contributed by atoms with Crippen molar-refractivity contribution in [2.45, 2.75) is 6.17 Å². The van der Waals surface area contributed by atoms with Crippen LogP contribution in [0.5, 0.6) is 0 Å². The molecule has 1 aromatic carbocycles. The highest BCUT2D eigenvalue weighted by Crippen LogP contribution is 1.99. The molecule has 0 aliphatic heterocycles. The van der Waals surface area contributed by atoms with Crippen LogP contribution in [0, 0.1) is 0 Å². The predicted octanol–water partition coefficient (Wildman–Crippen LogP) is 0.113. The van der Waals surface area contributed by atoms with E-state index in [1.165, 1.54) is 0 Å². The van der Waals surface area contributed by atoms with Gasteiger partial charge < -0.3 is 11.5 Å². The first-order valence-electron chi connectivity index (χ1n) is 3.32. The van der Waals surface area contributed by atoms with E-state index in [2.05, 4.69) is 0 Å². The molecule has 0 aliphatic rings. The van der Waals surface area contributed by atoms with Crippen LogP contribution in [0.1, 0.15) is 10.4 Å². The number of hydrogen-bond donors (Lipinski definition) is 2. The van der Waals surface area contributed by atoms with Crippen LogP contribution >= 0.6 is 0 Å². The third-order valence-electron chi connectivity index (χ3n) is 1.36. The summed E-state index contributed by atoms with van der Waals surface area (Å²) in [7, 11) is 0. The predicted molar refractivity (Wildman–Crippen MR) is 42.9 cm³/mol. The van der Waals surface area contributed by atoms with E-state index >= 15 is 0 Å². The molecule has 0 aromatic heterocycles. The van der Waals surface area contributed by atoms with E-state index in [-0.39, 0.29) is 5.78 Å². The maximum absolute atomic E-state index is 11.1. The van der Waals surface area contributed by atoms with Crippen LogP contribution in [0.25, 0.3) is 0 Å². The van der Waals surface area contributed by atoms with Crippen LogP contribution in [0.2, 0.25) is 0 Å². The molecular weight excluding hydrogens is 140 g/mol. The summed E-state index contributed by atoms with van der Waals surface area (Å²) in [5, 5.41) is 0. The summed E-state index contributed by atoms with van der Waals surface area (Å²) >= 11 is 0. The van der Waals surface area contributed by atoms with E-state index in [0.29, 0.717) is 5.56 Å². The van der Waals surface area contributed by atoms with Crippen molar-refractivity contribution < 1.29 is 4.79 Å². The standard InChI is InChI=1S/C8H10N2O/c9-8(10)7(11)6-4-2-1-3-5-6/h1-5,8H,9-10H2. The van der Waals surface area contributed by atoms with E-state index in [1.807, 2.05) is 6.07 Å². The van der Waals surface area contributed by atoms with Gasteiger partial charge in [-0.15, -0.1) is 0 Å². The number of Topliss-reactive ketones (excluding diaryl/α,β-unsaturated/α-hetero) is 1. The number of benzene rings is 1. The quantitative estimate of drug-likeness (QED) is 0.464. The first-order valence-corrected chi connectivity index (χ1v) is 3.32. The summed E-state index contributed by atoms with van der Waals surface area (Å²) in [6, 6.07) is 8.76. The van der Waals surface area contributed by atoms with Crippen LogP contribution in [-0.2, 0) is 0 Å². The minimum absolute atomic E-state index is 0.231. The van der Waals surface area contributed by atoms with Gasteiger partial charge in [-0.05, 0) is 0 Å². The van der Waals surface area contributed by atoms with Crippen LogP contribution in [0.15, 0.2) is 30.3 Å². The first-order chi connectivity index (χ1) is 5.22. The summed E-state index contributed by atoms with van der Waals surface area (Å²) in [5.74, 6) is -0.231. The van der Waals surface area contributed by atoms with Crippen LogP contribution in [0.3, 0.4) is 0 Å². The van der Waals surface area contributed by atoms with Gasteiger partial charge in [-0.3, -0.25) is 4.79 Å². The zero-order valence-corrected chi connectivity index (χ0v) is 6.03. The molecule has 58 valence electrons. The smallest absolute Gasteiger partial charge is 0.193 e. The molecule has 4 N–H and O–H groups in total. The Morgan fingerprint density at radius 3 is 2.18 bits per heavy atom. The molecule has 0 spiro atoms. The Morgan fingerprint density at radius 1 is 1.18 bits per heavy atom. The first kappa shape index (κ1) is 7.91. The fraction of sp³-hybridized carbons (Fsp3) is 0.125. The summed E-state index contributed by atoms with van der Waals surface area (Å²) in [6.07, 6.45) is -0.905. The van der Waals surface area contributed by atoms with Crippen molar-refractivity contribution in [2.24, 2.45) is 11.5 Å². The summed E-state index contributed by atoms with van der Waals surface area (Å²) in [6.45, 7) is 0. The van der Waals surface area contributed by atoms with Crippen LogP contribution < -0.4 is 11.5 Å². The van der Waals surface area contributed by atoms with Crippen LogP contribution in [-0.4, -0.2) is 11.9 Å².